The second-order valence-corrected chi connectivity index (χ2v) is 9.05. The number of fused-ring (bicyclic) bond motifs is 2. The van der Waals surface area contributed by atoms with E-state index in [1.807, 2.05) is 83.1 Å². The topological polar surface area (TPSA) is 63.0 Å². The van der Waals surface area contributed by atoms with Crippen LogP contribution in [0.1, 0.15) is 52.7 Å². The smallest absolute Gasteiger partial charge is 0.290 e. The minimum atomic E-state index is -0.493. The summed E-state index contributed by atoms with van der Waals surface area (Å²) >= 11 is 0. The zero-order valence-corrected chi connectivity index (χ0v) is 19.6. The minimum Gasteiger partial charge on any atom is -0.491 e. The lowest BCUT2D eigenvalue weighted by atomic mass is 9.97. The van der Waals surface area contributed by atoms with Crippen molar-refractivity contribution in [1.29, 1.82) is 0 Å². The number of likely N-dealkylation sites (N-methyl/N-ethyl adjacent to an activating group) is 1. The highest BCUT2D eigenvalue weighted by Crippen LogP contribution is 2.38. The highest BCUT2D eigenvalue weighted by atomic mass is 16.5. The summed E-state index contributed by atoms with van der Waals surface area (Å²) in [6, 6.07) is 10.8. The minimum absolute atomic E-state index is 0.0660. The van der Waals surface area contributed by atoms with Crippen molar-refractivity contribution in [3.8, 4) is 5.75 Å². The van der Waals surface area contributed by atoms with Crippen LogP contribution in [-0.2, 0) is 0 Å². The first kappa shape index (κ1) is 22.1. The van der Waals surface area contributed by atoms with Crippen molar-refractivity contribution >= 4 is 16.9 Å². The highest BCUT2D eigenvalue weighted by Gasteiger charge is 2.42. The van der Waals surface area contributed by atoms with Crippen molar-refractivity contribution in [2.75, 3.05) is 27.2 Å². The van der Waals surface area contributed by atoms with E-state index in [2.05, 4.69) is 0 Å². The number of carbonyl (C=O) groups is 1. The molecule has 0 bridgehead atoms. The van der Waals surface area contributed by atoms with Crippen LogP contribution in [0.4, 0.5) is 0 Å². The molecule has 0 fully saturated rings. The first-order valence-electron chi connectivity index (χ1n) is 11.0. The fraction of sp³-hybridized carbons (Fsp3) is 0.385. The molecule has 0 aliphatic carbocycles. The lowest BCUT2D eigenvalue weighted by Gasteiger charge is -2.26. The molecule has 0 saturated carbocycles. The van der Waals surface area contributed by atoms with Crippen LogP contribution in [0.3, 0.4) is 0 Å². The second kappa shape index (κ2) is 8.43. The van der Waals surface area contributed by atoms with E-state index in [-0.39, 0.29) is 23.2 Å². The molecule has 6 nitrogen and oxygen atoms in total. The fourth-order valence-electron chi connectivity index (χ4n) is 4.16. The van der Waals surface area contributed by atoms with Gasteiger partial charge in [-0.25, -0.2) is 0 Å². The third-order valence-electron chi connectivity index (χ3n) is 5.94. The van der Waals surface area contributed by atoms with Gasteiger partial charge < -0.3 is 19.0 Å². The lowest BCUT2D eigenvalue weighted by molar-refractivity contribution is 0.0716. The Labute approximate surface area is 188 Å². The van der Waals surface area contributed by atoms with Crippen molar-refractivity contribution in [3.05, 3.63) is 74.6 Å². The molecule has 0 saturated heterocycles. The third kappa shape index (κ3) is 3.91. The Hall–Kier alpha value is -3.12. The van der Waals surface area contributed by atoms with E-state index < -0.39 is 6.04 Å². The van der Waals surface area contributed by atoms with E-state index in [0.717, 1.165) is 22.4 Å². The van der Waals surface area contributed by atoms with E-state index >= 15 is 0 Å². The van der Waals surface area contributed by atoms with E-state index in [1.165, 1.54) is 0 Å². The van der Waals surface area contributed by atoms with Crippen molar-refractivity contribution < 1.29 is 13.9 Å². The summed E-state index contributed by atoms with van der Waals surface area (Å²) in [6.45, 7) is 9.05. The van der Waals surface area contributed by atoms with Gasteiger partial charge in [0, 0.05) is 13.1 Å². The number of aryl methyl sites for hydroxylation is 2. The van der Waals surface area contributed by atoms with Crippen LogP contribution in [0.2, 0.25) is 0 Å². The van der Waals surface area contributed by atoms with Gasteiger partial charge in [0.05, 0.1) is 23.1 Å². The Kier molecular flexibility index (Phi) is 5.82. The first-order chi connectivity index (χ1) is 15.2. The summed E-state index contributed by atoms with van der Waals surface area (Å²) in [5.41, 5.74) is 3.64. The van der Waals surface area contributed by atoms with Crippen molar-refractivity contribution in [2.45, 2.75) is 39.8 Å². The van der Waals surface area contributed by atoms with Gasteiger partial charge in [-0.15, -0.1) is 0 Å². The van der Waals surface area contributed by atoms with Gasteiger partial charge in [-0.2, -0.15) is 0 Å². The van der Waals surface area contributed by atoms with Crippen LogP contribution in [-0.4, -0.2) is 49.0 Å². The molecule has 3 aromatic rings. The van der Waals surface area contributed by atoms with E-state index in [0.29, 0.717) is 29.6 Å². The number of benzene rings is 2. The number of ether oxygens (including phenoxy) is 1. The molecule has 0 N–H and O–H groups in total. The van der Waals surface area contributed by atoms with Crippen LogP contribution in [0.25, 0.3) is 11.0 Å². The van der Waals surface area contributed by atoms with Gasteiger partial charge >= 0.3 is 0 Å². The zero-order valence-electron chi connectivity index (χ0n) is 19.6. The summed E-state index contributed by atoms with van der Waals surface area (Å²) in [6.07, 6.45) is 0.0660. The molecule has 0 spiro atoms. The average molecular weight is 435 g/mol. The molecule has 1 aromatic heterocycles. The molecule has 1 aliphatic rings. The van der Waals surface area contributed by atoms with Crippen LogP contribution in [0, 0.1) is 13.8 Å². The number of carbonyl (C=O) groups excluding carboxylic acids is 1. The average Bonchev–Trinajstić information content (AvgIpc) is 3.00. The van der Waals surface area contributed by atoms with Crippen LogP contribution in [0.15, 0.2) is 45.6 Å². The molecule has 1 amide bonds. The molecular formula is C26H30N2O4. The SMILES string of the molecule is Cc1cc2oc3c(c(=O)c2cc1C)C(c1ccc(OC(C)C)cc1)N(CCN(C)C)C3=O. The molecule has 1 aliphatic heterocycles. The monoisotopic (exact) mass is 434 g/mol. The number of nitrogens with zero attached hydrogens (tertiary/aromatic N) is 2. The predicted octanol–water partition coefficient (Wildman–Crippen LogP) is 4.30. The van der Waals surface area contributed by atoms with E-state index in [1.54, 1.807) is 4.90 Å². The normalized spacial score (nSPS) is 15.8. The highest BCUT2D eigenvalue weighted by molar-refractivity contribution is 5.99. The van der Waals surface area contributed by atoms with Gasteiger partial charge in [0.1, 0.15) is 11.3 Å². The lowest BCUT2D eigenvalue weighted by Crippen LogP contribution is -2.35. The molecule has 0 radical (unpaired) electrons. The Morgan fingerprint density at radius 3 is 2.34 bits per heavy atom. The molecule has 6 heteroatoms. The van der Waals surface area contributed by atoms with Crippen LogP contribution in [0.5, 0.6) is 5.75 Å². The number of rotatable bonds is 6. The van der Waals surface area contributed by atoms with Gasteiger partial charge in [0.15, 0.2) is 5.43 Å². The number of hydrogen-bond acceptors (Lipinski definition) is 5. The van der Waals surface area contributed by atoms with Crippen LogP contribution >= 0.6 is 0 Å². The Morgan fingerprint density at radius 1 is 1.06 bits per heavy atom. The third-order valence-corrected chi connectivity index (χ3v) is 5.94. The second-order valence-electron chi connectivity index (χ2n) is 9.05. The maximum absolute atomic E-state index is 13.6. The van der Waals surface area contributed by atoms with E-state index in [4.69, 9.17) is 9.15 Å². The molecule has 1 atom stereocenters. The molecule has 4 rings (SSSR count). The van der Waals surface area contributed by atoms with E-state index in [9.17, 15) is 9.59 Å². The standard InChI is InChI=1S/C26H30N2O4/c1-15(2)31-19-9-7-18(8-10-19)23-22-24(29)20-13-16(3)17(4)14-21(20)32-25(22)26(30)28(23)12-11-27(5)6/h7-10,13-15,23H,11-12H2,1-6H3. The van der Waals surface area contributed by atoms with Gasteiger partial charge in [0.25, 0.3) is 5.91 Å². The number of amides is 1. The van der Waals surface area contributed by atoms with Gasteiger partial charge in [-0.05, 0) is 82.7 Å². The summed E-state index contributed by atoms with van der Waals surface area (Å²) in [5, 5.41) is 0.513. The fourth-order valence-corrected chi connectivity index (χ4v) is 4.16. The van der Waals surface area contributed by atoms with Crippen LogP contribution < -0.4 is 10.2 Å². The zero-order chi connectivity index (χ0) is 23.2. The maximum Gasteiger partial charge on any atom is 0.290 e. The van der Waals surface area contributed by atoms with Gasteiger partial charge in [0.2, 0.25) is 5.76 Å². The molecule has 1 unspecified atom stereocenters. The predicted molar refractivity (Wildman–Crippen MR) is 126 cm³/mol. The molecule has 2 heterocycles. The van der Waals surface area contributed by atoms with Crippen molar-refractivity contribution in [1.82, 2.24) is 9.80 Å². The largest absolute Gasteiger partial charge is 0.491 e. The van der Waals surface area contributed by atoms with Gasteiger partial charge in [-0.1, -0.05) is 12.1 Å². The van der Waals surface area contributed by atoms with Crippen molar-refractivity contribution in [2.24, 2.45) is 0 Å². The first-order valence-corrected chi connectivity index (χ1v) is 11.0. The number of hydrogen-bond donors (Lipinski definition) is 0. The maximum atomic E-state index is 13.6. The van der Waals surface area contributed by atoms with Gasteiger partial charge in [-0.3, -0.25) is 9.59 Å². The summed E-state index contributed by atoms with van der Waals surface area (Å²) in [4.78, 5) is 30.8. The Bertz CT molecular complexity index is 1230. The molecule has 168 valence electrons. The molecular weight excluding hydrogens is 404 g/mol. The van der Waals surface area contributed by atoms with Crippen molar-refractivity contribution in [3.63, 3.8) is 0 Å². The molecule has 2 aromatic carbocycles. The Balaban J connectivity index is 1.88. The molecule has 32 heavy (non-hydrogen) atoms. The Morgan fingerprint density at radius 2 is 1.72 bits per heavy atom. The summed E-state index contributed by atoms with van der Waals surface area (Å²) < 4.78 is 11.8. The quantitative estimate of drug-likeness (QED) is 0.579. The summed E-state index contributed by atoms with van der Waals surface area (Å²) in [7, 11) is 3.92. The summed E-state index contributed by atoms with van der Waals surface area (Å²) in [5.74, 6) is 0.661.